The third-order valence-corrected chi connectivity index (χ3v) is 5.24. The molecule has 1 atom stereocenters. The summed E-state index contributed by atoms with van der Waals surface area (Å²) in [5, 5.41) is 0. The maximum Gasteiger partial charge on any atom is 0.248 e. The molecule has 1 aromatic carbocycles. The Hall–Kier alpha value is -1.17. The predicted molar refractivity (Wildman–Crippen MR) is 86.0 cm³/mol. The molecule has 1 aliphatic rings. The molecule has 0 radical (unpaired) electrons. The molecule has 0 spiro atoms. The van der Waals surface area contributed by atoms with Crippen molar-refractivity contribution >= 4 is 38.9 Å². The average molecular weight is 351 g/mol. The minimum Gasteiger partial charge on any atom is -0.316 e. The highest BCUT2D eigenvalue weighted by Gasteiger charge is 2.34. The van der Waals surface area contributed by atoms with Gasteiger partial charge in [0.15, 0.2) is 0 Å². The number of rotatable bonds is 3. The molecule has 2 aromatic rings. The molecule has 3 rings (SSSR count). The van der Waals surface area contributed by atoms with Gasteiger partial charge in [-0.1, -0.05) is 28.9 Å². The first-order valence-corrected chi connectivity index (χ1v) is 8.15. The Balaban J connectivity index is 1.94. The van der Waals surface area contributed by atoms with E-state index in [1.165, 1.54) is 9.75 Å². The van der Waals surface area contributed by atoms with Gasteiger partial charge in [0.1, 0.15) is 6.04 Å². The standard InChI is InChI=1S/C15H15BrN2OS/c1-2-10-4-5-11(20-10)8-18-13-7-9(16)3-6-12(13)14(17)15(18)19/h3-7,14H,2,8,17H2,1H3. The minimum absolute atomic E-state index is 0.0236. The molecular formula is C15H15BrN2OS. The summed E-state index contributed by atoms with van der Waals surface area (Å²) in [5.41, 5.74) is 7.84. The van der Waals surface area contributed by atoms with Crippen LogP contribution in [0.3, 0.4) is 0 Å². The fourth-order valence-electron chi connectivity index (χ4n) is 2.45. The Morgan fingerprint density at radius 2 is 2.05 bits per heavy atom. The summed E-state index contributed by atoms with van der Waals surface area (Å²) in [6.45, 7) is 2.74. The van der Waals surface area contributed by atoms with Crippen LogP contribution in [0.1, 0.15) is 28.3 Å². The van der Waals surface area contributed by atoms with E-state index in [-0.39, 0.29) is 5.91 Å². The van der Waals surface area contributed by atoms with Crippen molar-refractivity contribution < 1.29 is 4.79 Å². The third kappa shape index (κ3) is 2.30. The van der Waals surface area contributed by atoms with Crippen molar-refractivity contribution in [2.75, 3.05) is 4.90 Å². The van der Waals surface area contributed by atoms with Crippen molar-refractivity contribution in [1.29, 1.82) is 0 Å². The summed E-state index contributed by atoms with van der Waals surface area (Å²) in [6.07, 6.45) is 1.03. The Bertz CT molecular complexity index is 668. The number of aryl methyl sites for hydroxylation is 1. The lowest BCUT2D eigenvalue weighted by Gasteiger charge is -2.16. The fourth-order valence-corrected chi connectivity index (χ4v) is 3.75. The first-order valence-electron chi connectivity index (χ1n) is 6.54. The van der Waals surface area contributed by atoms with Crippen LogP contribution < -0.4 is 10.6 Å². The number of benzene rings is 1. The van der Waals surface area contributed by atoms with Crippen LogP contribution in [0.2, 0.25) is 0 Å². The second-order valence-corrected chi connectivity index (χ2v) is 7.00. The number of anilines is 1. The monoisotopic (exact) mass is 350 g/mol. The normalized spacial score (nSPS) is 17.6. The van der Waals surface area contributed by atoms with Crippen molar-refractivity contribution in [3.8, 4) is 0 Å². The number of hydrogen-bond acceptors (Lipinski definition) is 3. The SMILES string of the molecule is CCc1ccc(CN2C(=O)C(N)c3ccc(Br)cc32)s1. The van der Waals surface area contributed by atoms with E-state index in [1.54, 1.807) is 16.2 Å². The minimum atomic E-state index is -0.538. The lowest BCUT2D eigenvalue weighted by molar-refractivity contribution is -0.119. The van der Waals surface area contributed by atoms with E-state index in [1.807, 2.05) is 18.2 Å². The van der Waals surface area contributed by atoms with Gasteiger partial charge in [-0.2, -0.15) is 0 Å². The number of halogens is 1. The highest BCUT2D eigenvalue weighted by molar-refractivity contribution is 9.10. The summed E-state index contributed by atoms with van der Waals surface area (Å²) in [5.74, 6) is -0.0236. The maximum absolute atomic E-state index is 12.3. The van der Waals surface area contributed by atoms with Gasteiger partial charge in [0, 0.05) is 19.8 Å². The molecule has 1 aliphatic heterocycles. The fraction of sp³-hybridized carbons (Fsp3) is 0.267. The van der Waals surface area contributed by atoms with E-state index in [0.717, 1.165) is 22.1 Å². The topological polar surface area (TPSA) is 46.3 Å². The van der Waals surface area contributed by atoms with E-state index in [2.05, 4.69) is 35.0 Å². The van der Waals surface area contributed by atoms with E-state index in [0.29, 0.717) is 6.54 Å². The van der Waals surface area contributed by atoms with Crippen LogP contribution in [0.4, 0.5) is 5.69 Å². The first kappa shape index (κ1) is 13.8. The Morgan fingerprint density at radius 3 is 2.75 bits per heavy atom. The third-order valence-electron chi connectivity index (χ3n) is 3.53. The summed E-state index contributed by atoms with van der Waals surface area (Å²) >= 11 is 5.21. The van der Waals surface area contributed by atoms with E-state index in [4.69, 9.17) is 5.73 Å². The van der Waals surface area contributed by atoms with Gasteiger partial charge in [0.25, 0.3) is 0 Å². The van der Waals surface area contributed by atoms with Gasteiger partial charge in [-0.25, -0.2) is 0 Å². The molecule has 1 amide bonds. The molecule has 0 fully saturated rings. The van der Waals surface area contributed by atoms with E-state index in [9.17, 15) is 4.79 Å². The van der Waals surface area contributed by atoms with Gasteiger partial charge in [0.2, 0.25) is 5.91 Å². The van der Waals surface area contributed by atoms with Gasteiger partial charge >= 0.3 is 0 Å². The zero-order valence-electron chi connectivity index (χ0n) is 11.1. The lowest BCUT2D eigenvalue weighted by atomic mass is 10.1. The first-order chi connectivity index (χ1) is 9.60. The van der Waals surface area contributed by atoms with Crippen LogP contribution in [-0.2, 0) is 17.8 Å². The van der Waals surface area contributed by atoms with Crippen LogP contribution in [0.5, 0.6) is 0 Å². The number of nitrogens with zero attached hydrogens (tertiary/aromatic N) is 1. The zero-order chi connectivity index (χ0) is 14.3. The quantitative estimate of drug-likeness (QED) is 0.918. The number of thiophene rings is 1. The molecular weight excluding hydrogens is 336 g/mol. The van der Waals surface area contributed by atoms with Gasteiger partial charge in [0.05, 0.1) is 12.2 Å². The molecule has 104 valence electrons. The van der Waals surface area contributed by atoms with E-state index < -0.39 is 6.04 Å². The second kappa shape index (κ2) is 5.31. The number of carbonyl (C=O) groups is 1. The number of amides is 1. The number of nitrogens with two attached hydrogens (primary N) is 1. The van der Waals surface area contributed by atoms with Crippen LogP contribution in [0, 0.1) is 0 Å². The van der Waals surface area contributed by atoms with Gasteiger partial charge < -0.3 is 10.6 Å². The molecule has 1 aromatic heterocycles. The highest BCUT2D eigenvalue weighted by Crippen LogP contribution is 2.38. The van der Waals surface area contributed by atoms with Crippen molar-refractivity contribution in [3.05, 3.63) is 50.1 Å². The second-order valence-electron chi connectivity index (χ2n) is 4.83. The number of hydrogen-bond donors (Lipinski definition) is 1. The van der Waals surface area contributed by atoms with Crippen LogP contribution in [0.25, 0.3) is 0 Å². The Labute approximate surface area is 130 Å². The average Bonchev–Trinajstić information content (AvgIpc) is 2.98. The Morgan fingerprint density at radius 1 is 1.30 bits per heavy atom. The predicted octanol–water partition coefficient (Wildman–Crippen LogP) is 3.62. The van der Waals surface area contributed by atoms with Crippen LogP contribution in [-0.4, -0.2) is 5.91 Å². The highest BCUT2D eigenvalue weighted by atomic mass is 79.9. The summed E-state index contributed by atoms with van der Waals surface area (Å²) in [7, 11) is 0. The molecule has 20 heavy (non-hydrogen) atoms. The molecule has 1 unspecified atom stereocenters. The molecule has 2 N–H and O–H groups in total. The Kier molecular flexibility index (Phi) is 3.67. The molecule has 0 aliphatic carbocycles. The molecule has 5 heteroatoms. The summed E-state index contributed by atoms with van der Waals surface area (Å²) in [4.78, 5) is 16.7. The molecule has 2 heterocycles. The molecule has 0 saturated carbocycles. The van der Waals surface area contributed by atoms with Crippen molar-refractivity contribution in [3.63, 3.8) is 0 Å². The number of fused-ring (bicyclic) bond motifs is 1. The summed E-state index contributed by atoms with van der Waals surface area (Å²) in [6, 6.07) is 9.50. The summed E-state index contributed by atoms with van der Waals surface area (Å²) < 4.78 is 0.962. The lowest BCUT2D eigenvalue weighted by Crippen LogP contribution is -2.30. The maximum atomic E-state index is 12.3. The van der Waals surface area contributed by atoms with Gasteiger partial charge in [-0.3, -0.25) is 4.79 Å². The number of carbonyl (C=O) groups excluding carboxylic acids is 1. The van der Waals surface area contributed by atoms with Crippen molar-refractivity contribution in [1.82, 2.24) is 0 Å². The van der Waals surface area contributed by atoms with Crippen molar-refractivity contribution in [2.24, 2.45) is 5.73 Å². The van der Waals surface area contributed by atoms with Gasteiger partial charge in [-0.15, -0.1) is 11.3 Å². The van der Waals surface area contributed by atoms with E-state index >= 15 is 0 Å². The smallest absolute Gasteiger partial charge is 0.248 e. The molecule has 3 nitrogen and oxygen atoms in total. The van der Waals surface area contributed by atoms with Crippen LogP contribution in [0.15, 0.2) is 34.8 Å². The molecule has 0 bridgehead atoms. The largest absolute Gasteiger partial charge is 0.316 e. The zero-order valence-corrected chi connectivity index (χ0v) is 13.5. The molecule has 0 saturated heterocycles. The van der Waals surface area contributed by atoms with Gasteiger partial charge in [-0.05, 0) is 30.7 Å². The van der Waals surface area contributed by atoms with Crippen molar-refractivity contribution in [2.45, 2.75) is 25.9 Å². The van der Waals surface area contributed by atoms with Crippen LogP contribution >= 0.6 is 27.3 Å².